The second kappa shape index (κ2) is 6.90. The first-order valence-electron chi connectivity index (χ1n) is 7.86. The van der Waals surface area contributed by atoms with Gasteiger partial charge in [0.2, 0.25) is 5.89 Å². The van der Waals surface area contributed by atoms with Gasteiger partial charge in [-0.25, -0.2) is 0 Å². The van der Waals surface area contributed by atoms with E-state index in [2.05, 4.69) is 21.1 Å². The predicted molar refractivity (Wildman–Crippen MR) is 83.6 cm³/mol. The zero-order valence-electron chi connectivity index (χ0n) is 13.1. The molecular weight excluding hydrogens is 292 g/mol. The number of hydrogen-bond acceptors (Lipinski definition) is 6. The first kappa shape index (κ1) is 15.7. The molecule has 6 nitrogen and oxygen atoms in total. The lowest BCUT2D eigenvalue weighted by Gasteiger charge is -2.32. The molecule has 2 atom stereocenters. The highest BCUT2D eigenvalue weighted by Crippen LogP contribution is 2.27. The van der Waals surface area contributed by atoms with Gasteiger partial charge in [-0.15, -0.1) is 0 Å². The van der Waals surface area contributed by atoms with E-state index in [4.69, 9.17) is 9.78 Å². The molecule has 23 heavy (non-hydrogen) atoms. The van der Waals surface area contributed by atoms with Crippen molar-refractivity contribution in [2.45, 2.75) is 31.8 Å². The summed E-state index contributed by atoms with van der Waals surface area (Å²) in [6.07, 6.45) is 1.52. The van der Waals surface area contributed by atoms with Gasteiger partial charge in [-0.3, -0.25) is 4.90 Å². The molecule has 1 aliphatic rings. The van der Waals surface area contributed by atoms with E-state index in [1.54, 1.807) is 12.1 Å². The number of β-amino-alcohol motifs (C(OH)–C–C–N with tert-alkyl or cyclic N) is 1. The number of aliphatic hydroxyl groups is 1. The number of likely N-dealkylation sites (tertiary alicyclic amines) is 1. The molecule has 2 aromatic rings. The lowest BCUT2D eigenvalue weighted by molar-refractivity contribution is 0.0910. The van der Waals surface area contributed by atoms with Gasteiger partial charge in [-0.1, -0.05) is 17.3 Å². The number of aromatic nitrogens is 2. The van der Waals surface area contributed by atoms with E-state index in [1.807, 2.05) is 19.1 Å². The molecule has 1 aromatic carbocycles. The topological polar surface area (TPSA) is 86.2 Å². The molecule has 6 heteroatoms. The summed E-state index contributed by atoms with van der Waals surface area (Å²) >= 11 is 0. The molecule has 1 aromatic heterocycles. The number of nitriles is 1. The predicted octanol–water partition coefficient (Wildman–Crippen LogP) is 2.16. The van der Waals surface area contributed by atoms with Crippen molar-refractivity contribution in [3.8, 4) is 6.07 Å². The molecule has 2 heterocycles. The summed E-state index contributed by atoms with van der Waals surface area (Å²) in [5.74, 6) is 1.59. The number of rotatable bonds is 4. The van der Waals surface area contributed by atoms with Crippen molar-refractivity contribution in [3.63, 3.8) is 0 Å². The molecule has 120 valence electrons. The van der Waals surface area contributed by atoms with Crippen LogP contribution in [0.1, 0.15) is 47.7 Å². The third-order valence-electron chi connectivity index (χ3n) is 4.25. The summed E-state index contributed by atoms with van der Waals surface area (Å²) in [7, 11) is 0. The Morgan fingerprint density at radius 1 is 1.43 bits per heavy atom. The smallest absolute Gasteiger partial charge is 0.231 e. The van der Waals surface area contributed by atoms with Crippen LogP contribution in [0.2, 0.25) is 0 Å². The Labute approximate surface area is 135 Å². The summed E-state index contributed by atoms with van der Waals surface area (Å²) in [4.78, 5) is 6.56. The average Bonchev–Trinajstić information content (AvgIpc) is 3.02. The number of hydrogen-bond donors (Lipinski definition) is 1. The van der Waals surface area contributed by atoms with Crippen LogP contribution in [0.5, 0.6) is 0 Å². The molecule has 0 spiro atoms. The minimum atomic E-state index is -0.564. The Bertz CT molecular complexity index is 689. The monoisotopic (exact) mass is 312 g/mol. The zero-order chi connectivity index (χ0) is 16.2. The fourth-order valence-corrected chi connectivity index (χ4v) is 3.03. The number of nitrogens with zero attached hydrogens (tertiary/aromatic N) is 4. The van der Waals surface area contributed by atoms with E-state index >= 15 is 0 Å². The van der Waals surface area contributed by atoms with Crippen LogP contribution in [-0.2, 0) is 0 Å². The van der Waals surface area contributed by atoms with Gasteiger partial charge in [-0.2, -0.15) is 10.2 Å². The van der Waals surface area contributed by atoms with E-state index in [-0.39, 0.29) is 5.92 Å². The van der Waals surface area contributed by atoms with E-state index in [0.717, 1.165) is 31.5 Å². The van der Waals surface area contributed by atoms with Crippen LogP contribution in [0.3, 0.4) is 0 Å². The number of aryl methyl sites for hydroxylation is 1. The van der Waals surface area contributed by atoms with Crippen LogP contribution in [-0.4, -0.2) is 39.8 Å². The van der Waals surface area contributed by atoms with Gasteiger partial charge in [0.15, 0.2) is 5.82 Å². The van der Waals surface area contributed by atoms with Gasteiger partial charge < -0.3 is 9.63 Å². The van der Waals surface area contributed by atoms with Gasteiger partial charge >= 0.3 is 0 Å². The largest absolute Gasteiger partial charge is 0.387 e. The van der Waals surface area contributed by atoms with Crippen molar-refractivity contribution >= 4 is 0 Å². The number of aliphatic hydroxyl groups excluding tert-OH is 1. The fourth-order valence-electron chi connectivity index (χ4n) is 3.03. The fraction of sp³-hybridized carbons (Fsp3) is 0.471. The lowest BCUT2D eigenvalue weighted by atomic mass is 9.97. The molecule has 1 aliphatic heterocycles. The van der Waals surface area contributed by atoms with E-state index in [9.17, 15) is 5.11 Å². The maximum atomic E-state index is 10.4. The molecule has 0 amide bonds. The van der Waals surface area contributed by atoms with Crippen molar-refractivity contribution in [3.05, 3.63) is 47.1 Å². The summed E-state index contributed by atoms with van der Waals surface area (Å²) < 4.78 is 5.29. The molecule has 1 fully saturated rings. The summed E-state index contributed by atoms with van der Waals surface area (Å²) in [5.41, 5.74) is 1.44. The SMILES string of the molecule is Cc1noc(C2CCCN(CC(O)c3ccc(C#N)cc3)C2)n1. The van der Waals surface area contributed by atoms with E-state index in [0.29, 0.717) is 23.8 Å². The maximum absolute atomic E-state index is 10.4. The first-order chi connectivity index (χ1) is 11.2. The zero-order valence-corrected chi connectivity index (χ0v) is 13.1. The van der Waals surface area contributed by atoms with Gasteiger partial charge in [-0.05, 0) is 44.0 Å². The van der Waals surface area contributed by atoms with Gasteiger partial charge in [0.05, 0.1) is 23.7 Å². The van der Waals surface area contributed by atoms with Crippen LogP contribution in [0.4, 0.5) is 0 Å². The van der Waals surface area contributed by atoms with Gasteiger partial charge in [0, 0.05) is 13.1 Å². The van der Waals surface area contributed by atoms with Crippen LogP contribution in [0, 0.1) is 18.3 Å². The Balaban J connectivity index is 1.61. The summed E-state index contributed by atoms with van der Waals surface area (Å²) in [5, 5.41) is 23.1. The Morgan fingerprint density at radius 3 is 2.87 bits per heavy atom. The maximum Gasteiger partial charge on any atom is 0.231 e. The lowest BCUT2D eigenvalue weighted by Crippen LogP contribution is -2.37. The molecule has 3 rings (SSSR count). The quantitative estimate of drug-likeness (QED) is 0.931. The summed E-state index contributed by atoms with van der Waals surface area (Å²) in [6.45, 7) is 4.16. The first-order valence-corrected chi connectivity index (χ1v) is 7.86. The van der Waals surface area contributed by atoms with E-state index < -0.39 is 6.10 Å². The van der Waals surface area contributed by atoms with Crippen LogP contribution < -0.4 is 0 Å². The van der Waals surface area contributed by atoms with E-state index in [1.165, 1.54) is 0 Å². The van der Waals surface area contributed by atoms with Crippen LogP contribution >= 0.6 is 0 Å². The summed E-state index contributed by atoms with van der Waals surface area (Å²) in [6, 6.07) is 9.18. The second-order valence-electron chi connectivity index (χ2n) is 6.03. The minimum Gasteiger partial charge on any atom is -0.387 e. The van der Waals surface area contributed by atoms with Crippen molar-refractivity contribution in [2.75, 3.05) is 19.6 Å². The molecule has 1 saturated heterocycles. The van der Waals surface area contributed by atoms with Gasteiger partial charge in [0.1, 0.15) is 0 Å². The average molecular weight is 312 g/mol. The third-order valence-corrected chi connectivity index (χ3v) is 4.25. The molecule has 0 saturated carbocycles. The molecule has 0 radical (unpaired) electrons. The molecule has 2 unspecified atom stereocenters. The molecule has 0 aliphatic carbocycles. The highest BCUT2D eigenvalue weighted by Gasteiger charge is 2.26. The normalized spacial score (nSPS) is 20.1. The Kier molecular flexibility index (Phi) is 4.70. The Hall–Kier alpha value is -2.23. The van der Waals surface area contributed by atoms with Crippen molar-refractivity contribution in [1.29, 1.82) is 5.26 Å². The number of benzene rings is 1. The van der Waals surface area contributed by atoms with Crippen molar-refractivity contribution in [2.24, 2.45) is 0 Å². The molecule has 0 bridgehead atoms. The third kappa shape index (κ3) is 3.76. The van der Waals surface area contributed by atoms with Crippen LogP contribution in [0.25, 0.3) is 0 Å². The highest BCUT2D eigenvalue weighted by atomic mass is 16.5. The van der Waals surface area contributed by atoms with Crippen molar-refractivity contribution in [1.82, 2.24) is 15.0 Å². The standard InChI is InChI=1S/C17H20N4O2/c1-12-19-17(23-20-12)15-3-2-8-21(10-15)11-16(22)14-6-4-13(9-18)5-7-14/h4-7,15-16,22H,2-3,8,10-11H2,1H3. The molecule has 1 N–H and O–H groups in total. The van der Waals surface area contributed by atoms with Crippen molar-refractivity contribution < 1.29 is 9.63 Å². The van der Waals surface area contributed by atoms with Crippen LogP contribution in [0.15, 0.2) is 28.8 Å². The second-order valence-corrected chi connectivity index (χ2v) is 6.03. The number of piperidine rings is 1. The van der Waals surface area contributed by atoms with Gasteiger partial charge in [0.25, 0.3) is 0 Å². The highest BCUT2D eigenvalue weighted by molar-refractivity contribution is 5.32. The molecular formula is C17H20N4O2. The minimum absolute atomic E-state index is 0.234. The Morgan fingerprint density at radius 2 is 2.22 bits per heavy atom.